The number of H-pyrrole nitrogens is 1. The number of aromatic amines is 1. The van der Waals surface area contributed by atoms with Crippen LogP contribution in [0, 0.1) is 6.92 Å². The van der Waals surface area contributed by atoms with Crippen molar-refractivity contribution in [2.45, 2.75) is 13.3 Å². The van der Waals surface area contributed by atoms with E-state index >= 15 is 0 Å². The summed E-state index contributed by atoms with van der Waals surface area (Å²) in [5.41, 5.74) is 4.90. The molecule has 0 radical (unpaired) electrons. The van der Waals surface area contributed by atoms with Gasteiger partial charge in [0.15, 0.2) is 0 Å². The van der Waals surface area contributed by atoms with Crippen LogP contribution in [0.2, 0.25) is 0 Å². The molecule has 1 aromatic carbocycles. The standard InChI is InChI=1S/C18H16N2O2/c1-11(18(21)22)14-6-3-7-16-17(14)15(12(2)20-16)9-13-5-4-8-19-10-13/h3-8,10,20H,1,9H2,2H3,(H,21,22). The van der Waals surface area contributed by atoms with Gasteiger partial charge in [-0.3, -0.25) is 4.98 Å². The summed E-state index contributed by atoms with van der Waals surface area (Å²) in [5.74, 6) is -1.00. The third-order valence-corrected chi connectivity index (χ3v) is 3.83. The summed E-state index contributed by atoms with van der Waals surface area (Å²) in [4.78, 5) is 18.8. The zero-order valence-corrected chi connectivity index (χ0v) is 12.3. The second-order valence-electron chi connectivity index (χ2n) is 5.28. The minimum atomic E-state index is -1.00. The Balaban J connectivity index is 2.19. The van der Waals surface area contributed by atoms with Crippen molar-refractivity contribution in [3.05, 3.63) is 71.7 Å². The molecule has 0 fully saturated rings. The predicted molar refractivity (Wildman–Crippen MR) is 86.7 cm³/mol. The molecule has 0 unspecified atom stereocenters. The summed E-state index contributed by atoms with van der Waals surface area (Å²) in [5, 5.41) is 10.2. The van der Waals surface area contributed by atoms with Gasteiger partial charge in [0.05, 0.1) is 5.57 Å². The van der Waals surface area contributed by atoms with E-state index in [2.05, 4.69) is 16.5 Å². The lowest BCUT2D eigenvalue weighted by molar-refractivity contribution is -0.130. The molecule has 2 N–H and O–H groups in total. The Bertz CT molecular complexity index is 863. The van der Waals surface area contributed by atoms with Crippen LogP contribution in [0.25, 0.3) is 16.5 Å². The molecule has 2 heterocycles. The van der Waals surface area contributed by atoms with Crippen molar-refractivity contribution in [1.29, 1.82) is 0 Å². The minimum absolute atomic E-state index is 0.108. The van der Waals surface area contributed by atoms with E-state index in [1.54, 1.807) is 12.3 Å². The van der Waals surface area contributed by atoms with Crippen molar-refractivity contribution in [3.8, 4) is 0 Å². The third-order valence-electron chi connectivity index (χ3n) is 3.83. The smallest absolute Gasteiger partial charge is 0.335 e. The van der Waals surface area contributed by atoms with E-state index in [1.807, 2.05) is 37.4 Å². The third kappa shape index (κ3) is 2.39. The van der Waals surface area contributed by atoms with E-state index in [4.69, 9.17) is 0 Å². The van der Waals surface area contributed by atoms with Crippen LogP contribution in [0.4, 0.5) is 0 Å². The molecule has 0 saturated carbocycles. The summed E-state index contributed by atoms with van der Waals surface area (Å²) in [6, 6.07) is 9.51. The summed E-state index contributed by atoms with van der Waals surface area (Å²) in [7, 11) is 0. The van der Waals surface area contributed by atoms with Gasteiger partial charge in [0.25, 0.3) is 0 Å². The fraction of sp³-hybridized carbons (Fsp3) is 0.111. The van der Waals surface area contributed by atoms with Gasteiger partial charge in [-0.05, 0) is 35.7 Å². The molecule has 110 valence electrons. The van der Waals surface area contributed by atoms with Crippen LogP contribution in [-0.2, 0) is 11.2 Å². The molecule has 22 heavy (non-hydrogen) atoms. The molecule has 3 aromatic rings. The number of aliphatic carboxylic acids is 1. The summed E-state index contributed by atoms with van der Waals surface area (Å²) < 4.78 is 0. The van der Waals surface area contributed by atoms with E-state index in [1.165, 1.54) is 0 Å². The first-order valence-corrected chi connectivity index (χ1v) is 6.99. The molecule has 0 aliphatic heterocycles. The molecule has 0 spiro atoms. The van der Waals surface area contributed by atoms with Crippen LogP contribution < -0.4 is 0 Å². The van der Waals surface area contributed by atoms with Gasteiger partial charge < -0.3 is 10.1 Å². The van der Waals surface area contributed by atoms with Crippen molar-refractivity contribution >= 4 is 22.4 Å². The van der Waals surface area contributed by atoms with Crippen LogP contribution in [0.15, 0.2) is 49.3 Å². The predicted octanol–water partition coefficient (Wildman–Crippen LogP) is 3.56. The lowest BCUT2D eigenvalue weighted by atomic mass is 9.96. The number of hydrogen-bond acceptors (Lipinski definition) is 2. The number of nitrogens with one attached hydrogen (secondary N) is 1. The second kappa shape index (κ2) is 5.48. The molecular formula is C18H16N2O2. The molecule has 0 aliphatic carbocycles. The summed E-state index contributed by atoms with van der Waals surface area (Å²) in [6.07, 6.45) is 4.26. The van der Waals surface area contributed by atoms with Crippen molar-refractivity contribution in [2.75, 3.05) is 0 Å². The second-order valence-corrected chi connectivity index (χ2v) is 5.28. The number of fused-ring (bicyclic) bond motifs is 1. The number of pyridine rings is 1. The monoisotopic (exact) mass is 292 g/mol. The number of carbonyl (C=O) groups is 1. The first-order valence-electron chi connectivity index (χ1n) is 6.99. The van der Waals surface area contributed by atoms with Crippen LogP contribution in [-0.4, -0.2) is 21.0 Å². The Hall–Kier alpha value is -2.88. The maximum Gasteiger partial charge on any atom is 0.335 e. The number of aromatic nitrogens is 2. The van der Waals surface area contributed by atoms with Gasteiger partial charge in [-0.25, -0.2) is 4.79 Å². The Morgan fingerprint density at radius 1 is 1.32 bits per heavy atom. The van der Waals surface area contributed by atoms with Gasteiger partial charge in [-0.2, -0.15) is 0 Å². The quantitative estimate of drug-likeness (QED) is 0.723. The minimum Gasteiger partial charge on any atom is -0.478 e. The number of nitrogens with zero attached hydrogens (tertiary/aromatic N) is 1. The highest BCUT2D eigenvalue weighted by Gasteiger charge is 2.17. The zero-order valence-electron chi connectivity index (χ0n) is 12.3. The lowest BCUT2D eigenvalue weighted by Crippen LogP contribution is -1.99. The topological polar surface area (TPSA) is 66.0 Å². The van der Waals surface area contributed by atoms with E-state index in [0.717, 1.165) is 27.7 Å². The zero-order chi connectivity index (χ0) is 15.7. The van der Waals surface area contributed by atoms with Crippen LogP contribution >= 0.6 is 0 Å². The van der Waals surface area contributed by atoms with Crippen LogP contribution in [0.1, 0.15) is 22.4 Å². The Morgan fingerprint density at radius 3 is 2.82 bits per heavy atom. The molecular weight excluding hydrogens is 276 g/mol. The number of hydrogen-bond donors (Lipinski definition) is 2. The maximum absolute atomic E-state index is 11.3. The summed E-state index contributed by atoms with van der Waals surface area (Å²) >= 11 is 0. The van der Waals surface area contributed by atoms with Crippen molar-refractivity contribution < 1.29 is 9.90 Å². The number of aryl methyl sites for hydroxylation is 1. The molecule has 4 nitrogen and oxygen atoms in total. The highest BCUT2D eigenvalue weighted by Crippen LogP contribution is 2.31. The van der Waals surface area contributed by atoms with Gasteiger partial charge in [0, 0.05) is 35.4 Å². The first kappa shape index (κ1) is 14.1. The SMILES string of the molecule is C=C(C(=O)O)c1cccc2[nH]c(C)c(Cc3cccnc3)c12. The van der Waals surface area contributed by atoms with E-state index < -0.39 is 5.97 Å². The molecule has 3 rings (SSSR count). The number of rotatable bonds is 4. The molecule has 0 bridgehead atoms. The summed E-state index contributed by atoms with van der Waals surface area (Å²) in [6.45, 7) is 5.71. The van der Waals surface area contributed by atoms with Crippen molar-refractivity contribution in [1.82, 2.24) is 9.97 Å². The number of carboxylic acid groups (broad SMARTS) is 1. The average Bonchev–Trinajstić information content (AvgIpc) is 2.83. The molecule has 0 atom stereocenters. The normalized spacial score (nSPS) is 10.8. The Labute approximate surface area is 128 Å². The maximum atomic E-state index is 11.3. The molecule has 0 aliphatic rings. The van der Waals surface area contributed by atoms with Gasteiger partial charge in [0.2, 0.25) is 0 Å². The van der Waals surface area contributed by atoms with Crippen molar-refractivity contribution in [3.63, 3.8) is 0 Å². The van der Waals surface area contributed by atoms with Crippen LogP contribution in [0.3, 0.4) is 0 Å². The van der Waals surface area contributed by atoms with Gasteiger partial charge in [-0.15, -0.1) is 0 Å². The fourth-order valence-electron chi connectivity index (χ4n) is 2.74. The fourth-order valence-corrected chi connectivity index (χ4v) is 2.74. The highest BCUT2D eigenvalue weighted by molar-refractivity contribution is 6.18. The van der Waals surface area contributed by atoms with Crippen LogP contribution in [0.5, 0.6) is 0 Å². The van der Waals surface area contributed by atoms with E-state index in [0.29, 0.717) is 12.0 Å². The first-order chi connectivity index (χ1) is 10.6. The van der Waals surface area contributed by atoms with Gasteiger partial charge >= 0.3 is 5.97 Å². The largest absolute Gasteiger partial charge is 0.478 e. The molecule has 2 aromatic heterocycles. The number of carboxylic acids is 1. The molecule has 0 saturated heterocycles. The highest BCUT2D eigenvalue weighted by atomic mass is 16.4. The Kier molecular flexibility index (Phi) is 3.51. The van der Waals surface area contributed by atoms with Crippen molar-refractivity contribution in [2.24, 2.45) is 0 Å². The van der Waals surface area contributed by atoms with E-state index in [-0.39, 0.29) is 5.57 Å². The van der Waals surface area contributed by atoms with Gasteiger partial charge in [0.1, 0.15) is 0 Å². The Morgan fingerprint density at radius 2 is 2.14 bits per heavy atom. The van der Waals surface area contributed by atoms with Gasteiger partial charge in [-0.1, -0.05) is 24.8 Å². The van der Waals surface area contributed by atoms with E-state index in [9.17, 15) is 9.90 Å². The number of benzene rings is 1. The molecule has 4 heteroatoms. The average molecular weight is 292 g/mol. The lowest BCUT2D eigenvalue weighted by Gasteiger charge is -2.07. The molecule has 0 amide bonds.